The van der Waals surface area contributed by atoms with Gasteiger partial charge in [0.15, 0.2) is 0 Å². The summed E-state index contributed by atoms with van der Waals surface area (Å²) in [5.74, 6) is 0.0215. The number of ether oxygens (including phenoxy) is 2. The zero-order chi connectivity index (χ0) is 16.4. The van der Waals surface area contributed by atoms with E-state index in [0.29, 0.717) is 25.3 Å². The predicted molar refractivity (Wildman–Crippen MR) is 88.5 cm³/mol. The van der Waals surface area contributed by atoms with Gasteiger partial charge in [-0.2, -0.15) is 0 Å². The van der Waals surface area contributed by atoms with Crippen molar-refractivity contribution < 1.29 is 14.3 Å². The van der Waals surface area contributed by atoms with Crippen molar-refractivity contribution in [3.63, 3.8) is 0 Å². The van der Waals surface area contributed by atoms with E-state index in [9.17, 15) is 4.79 Å². The molecule has 0 bridgehead atoms. The lowest BCUT2D eigenvalue weighted by Gasteiger charge is -2.42. The molecule has 2 aromatic rings. The summed E-state index contributed by atoms with van der Waals surface area (Å²) in [5.41, 5.74) is 1.19. The zero-order valence-corrected chi connectivity index (χ0v) is 13.8. The third-order valence-electron chi connectivity index (χ3n) is 3.97. The van der Waals surface area contributed by atoms with Crippen LogP contribution in [0, 0.1) is 0 Å². The fourth-order valence-electron chi connectivity index (χ4n) is 3.11. The summed E-state index contributed by atoms with van der Waals surface area (Å²) in [7, 11) is 1.65. The number of rotatable bonds is 3. The van der Waals surface area contributed by atoms with Crippen LogP contribution in [0.1, 0.15) is 24.2 Å². The molecule has 1 aromatic heterocycles. The number of carbonyl (C=O) groups is 1. The van der Waals surface area contributed by atoms with Gasteiger partial charge in [-0.1, -0.05) is 6.07 Å². The molecule has 3 rings (SSSR count). The summed E-state index contributed by atoms with van der Waals surface area (Å²) in [6, 6.07) is 9.48. The highest BCUT2D eigenvalue weighted by atomic mass is 16.5. The normalized spacial score (nSPS) is 20.7. The molecule has 23 heavy (non-hydrogen) atoms. The average Bonchev–Trinajstić information content (AvgIpc) is 2.52. The summed E-state index contributed by atoms with van der Waals surface area (Å²) in [6.45, 7) is 5.59. The van der Waals surface area contributed by atoms with E-state index in [4.69, 9.17) is 9.47 Å². The molecule has 5 nitrogen and oxygen atoms in total. The first-order valence-electron chi connectivity index (χ1n) is 7.79. The Balaban J connectivity index is 1.85. The Morgan fingerprint density at radius 3 is 3.04 bits per heavy atom. The summed E-state index contributed by atoms with van der Waals surface area (Å²) in [4.78, 5) is 19.0. The maximum atomic E-state index is 12.9. The number of methoxy groups -OCH3 is 1. The molecule has 0 aliphatic carbocycles. The van der Waals surface area contributed by atoms with Crippen molar-refractivity contribution in [1.82, 2.24) is 9.88 Å². The number of carbonyl (C=O) groups excluding carboxylic acids is 1. The highest BCUT2D eigenvalue weighted by Crippen LogP contribution is 2.23. The molecule has 1 saturated heterocycles. The van der Waals surface area contributed by atoms with E-state index in [1.807, 2.05) is 49.1 Å². The Labute approximate surface area is 136 Å². The fourth-order valence-corrected chi connectivity index (χ4v) is 3.11. The lowest BCUT2D eigenvalue weighted by atomic mass is 10.0. The van der Waals surface area contributed by atoms with Crippen LogP contribution in [0.4, 0.5) is 0 Å². The van der Waals surface area contributed by atoms with E-state index in [2.05, 4.69) is 4.98 Å². The van der Waals surface area contributed by atoms with Gasteiger partial charge in [0, 0.05) is 37.3 Å². The minimum Gasteiger partial charge on any atom is -0.382 e. The highest BCUT2D eigenvalue weighted by molar-refractivity contribution is 5.98. The van der Waals surface area contributed by atoms with Gasteiger partial charge in [0.05, 0.1) is 23.8 Å². The number of nitrogens with zero attached hydrogens (tertiary/aromatic N) is 2. The molecule has 1 aliphatic rings. The van der Waals surface area contributed by atoms with Crippen molar-refractivity contribution in [2.45, 2.75) is 25.6 Å². The molecule has 1 aliphatic heterocycles. The molecule has 5 heteroatoms. The maximum Gasteiger partial charge on any atom is 0.254 e. The van der Waals surface area contributed by atoms with Crippen LogP contribution in [-0.2, 0) is 9.47 Å². The van der Waals surface area contributed by atoms with Gasteiger partial charge in [-0.3, -0.25) is 9.78 Å². The molecule has 1 atom stereocenters. The number of morpholine rings is 1. The second kappa shape index (κ2) is 6.26. The Kier molecular flexibility index (Phi) is 4.33. The van der Waals surface area contributed by atoms with Gasteiger partial charge in [-0.15, -0.1) is 0 Å². The van der Waals surface area contributed by atoms with Gasteiger partial charge < -0.3 is 14.4 Å². The Morgan fingerprint density at radius 1 is 1.43 bits per heavy atom. The van der Waals surface area contributed by atoms with E-state index in [0.717, 1.165) is 10.9 Å². The molecule has 122 valence electrons. The molecule has 0 unspecified atom stereocenters. The van der Waals surface area contributed by atoms with Gasteiger partial charge in [0.25, 0.3) is 5.91 Å². The van der Waals surface area contributed by atoms with E-state index < -0.39 is 0 Å². The number of fused-ring (bicyclic) bond motifs is 1. The van der Waals surface area contributed by atoms with E-state index >= 15 is 0 Å². The second-order valence-electron chi connectivity index (χ2n) is 6.55. The highest BCUT2D eigenvalue weighted by Gasteiger charge is 2.35. The Hall–Kier alpha value is -1.98. The summed E-state index contributed by atoms with van der Waals surface area (Å²) >= 11 is 0. The number of benzene rings is 1. The van der Waals surface area contributed by atoms with Crippen molar-refractivity contribution in [3.05, 3.63) is 42.1 Å². The largest absolute Gasteiger partial charge is 0.382 e. The molecule has 0 saturated carbocycles. The fraction of sp³-hybridized carbons (Fsp3) is 0.444. The van der Waals surface area contributed by atoms with Crippen LogP contribution in [0.25, 0.3) is 10.9 Å². The molecular weight excluding hydrogens is 292 g/mol. The molecule has 1 amide bonds. The number of pyridine rings is 1. The topological polar surface area (TPSA) is 51.7 Å². The van der Waals surface area contributed by atoms with Crippen LogP contribution in [0.2, 0.25) is 0 Å². The van der Waals surface area contributed by atoms with Crippen LogP contribution in [-0.4, -0.2) is 54.3 Å². The van der Waals surface area contributed by atoms with Crippen LogP contribution in [0.15, 0.2) is 36.5 Å². The Morgan fingerprint density at radius 2 is 2.26 bits per heavy atom. The van der Waals surface area contributed by atoms with Gasteiger partial charge in [0.2, 0.25) is 0 Å². The number of hydrogen-bond acceptors (Lipinski definition) is 4. The molecule has 1 fully saturated rings. The molecule has 1 aromatic carbocycles. The van der Waals surface area contributed by atoms with Crippen molar-refractivity contribution >= 4 is 16.8 Å². The lowest BCUT2D eigenvalue weighted by molar-refractivity contribution is -0.143. The molecule has 0 radical (unpaired) electrons. The van der Waals surface area contributed by atoms with Crippen molar-refractivity contribution in [2.75, 3.05) is 26.8 Å². The monoisotopic (exact) mass is 314 g/mol. The summed E-state index contributed by atoms with van der Waals surface area (Å²) < 4.78 is 11.2. The first kappa shape index (κ1) is 15.9. The minimum atomic E-state index is -0.379. The summed E-state index contributed by atoms with van der Waals surface area (Å²) in [6.07, 6.45) is 1.65. The van der Waals surface area contributed by atoms with Crippen LogP contribution in [0.5, 0.6) is 0 Å². The smallest absolute Gasteiger partial charge is 0.254 e. The first-order valence-corrected chi connectivity index (χ1v) is 7.79. The standard InChI is InChI=1S/C18H22N2O3/c1-18(2)12-20(10-15(23-18)11-22-3)17(21)14-6-7-16-13(9-14)5-4-8-19-16/h4-9,15H,10-12H2,1-3H3/t15-/m0/s1. The quantitative estimate of drug-likeness (QED) is 0.873. The van der Waals surface area contributed by atoms with E-state index in [1.54, 1.807) is 13.3 Å². The first-order chi connectivity index (χ1) is 11.0. The van der Waals surface area contributed by atoms with Crippen molar-refractivity contribution in [1.29, 1.82) is 0 Å². The zero-order valence-electron chi connectivity index (χ0n) is 13.8. The molecule has 0 N–H and O–H groups in total. The molecule has 0 spiro atoms. The van der Waals surface area contributed by atoms with Gasteiger partial charge in [-0.05, 0) is 38.1 Å². The van der Waals surface area contributed by atoms with Crippen molar-refractivity contribution in [3.8, 4) is 0 Å². The SMILES string of the molecule is COC[C@@H]1CN(C(=O)c2ccc3ncccc3c2)CC(C)(C)O1. The minimum absolute atomic E-state index is 0.0215. The second-order valence-corrected chi connectivity index (χ2v) is 6.55. The van der Waals surface area contributed by atoms with Crippen molar-refractivity contribution in [2.24, 2.45) is 0 Å². The number of aromatic nitrogens is 1. The summed E-state index contributed by atoms with van der Waals surface area (Å²) in [5, 5.41) is 0.972. The average molecular weight is 314 g/mol. The van der Waals surface area contributed by atoms with Crippen LogP contribution >= 0.6 is 0 Å². The van der Waals surface area contributed by atoms with Gasteiger partial charge >= 0.3 is 0 Å². The third-order valence-corrected chi connectivity index (χ3v) is 3.97. The van der Waals surface area contributed by atoms with Gasteiger partial charge in [-0.25, -0.2) is 0 Å². The number of amides is 1. The maximum absolute atomic E-state index is 12.9. The Bertz CT molecular complexity index is 714. The predicted octanol–water partition coefficient (Wildman–Crippen LogP) is 2.50. The molecular formula is C18H22N2O3. The van der Waals surface area contributed by atoms with Crippen LogP contribution in [0.3, 0.4) is 0 Å². The lowest BCUT2D eigenvalue weighted by Crippen LogP contribution is -2.55. The van der Waals surface area contributed by atoms with Gasteiger partial charge in [0.1, 0.15) is 0 Å². The molecule has 2 heterocycles. The van der Waals surface area contributed by atoms with E-state index in [-0.39, 0.29) is 17.6 Å². The van der Waals surface area contributed by atoms with Crippen LogP contribution < -0.4 is 0 Å². The number of hydrogen-bond donors (Lipinski definition) is 0. The van der Waals surface area contributed by atoms with E-state index in [1.165, 1.54) is 0 Å². The third kappa shape index (κ3) is 3.51.